The summed E-state index contributed by atoms with van der Waals surface area (Å²) in [5.41, 5.74) is 1.73. The molecule has 1 unspecified atom stereocenters. The molecule has 0 amide bonds. The number of fused-ring (bicyclic) bond motifs is 1. The van der Waals surface area contributed by atoms with Gasteiger partial charge in [0.05, 0.1) is 18.7 Å². The van der Waals surface area contributed by atoms with Gasteiger partial charge in [0.15, 0.2) is 0 Å². The number of methoxy groups -OCH3 is 1. The highest BCUT2D eigenvalue weighted by molar-refractivity contribution is 7.99. The molecule has 0 bridgehead atoms. The predicted octanol–water partition coefficient (Wildman–Crippen LogP) is 5.39. The van der Waals surface area contributed by atoms with Crippen LogP contribution in [-0.4, -0.2) is 64.3 Å². The normalized spacial score (nSPS) is 19.9. The number of thioether (sulfide) groups is 1. The molecule has 2 heterocycles. The second-order valence-corrected chi connectivity index (χ2v) is 10.6. The van der Waals surface area contributed by atoms with Gasteiger partial charge in [-0.3, -0.25) is 9.78 Å². The van der Waals surface area contributed by atoms with Crippen molar-refractivity contribution in [2.45, 2.75) is 58.0 Å². The number of aliphatic carboxylic acids is 1. The highest BCUT2D eigenvalue weighted by Crippen LogP contribution is 2.35. The van der Waals surface area contributed by atoms with Crippen LogP contribution in [0.4, 0.5) is 0 Å². The lowest BCUT2D eigenvalue weighted by Crippen LogP contribution is -2.41. The van der Waals surface area contributed by atoms with Crippen molar-refractivity contribution in [3.8, 4) is 5.75 Å². The minimum atomic E-state index is -0.718. The maximum Gasteiger partial charge on any atom is 0.303 e. The van der Waals surface area contributed by atoms with Crippen molar-refractivity contribution in [2.75, 3.05) is 38.2 Å². The predicted molar refractivity (Wildman–Crippen MR) is 140 cm³/mol. The van der Waals surface area contributed by atoms with Gasteiger partial charge in [0, 0.05) is 24.5 Å². The molecule has 2 aromatic rings. The van der Waals surface area contributed by atoms with Crippen molar-refractivity contribution in [1.29, 1.82) is 0 Å². The summed E-state index contributed by atoms with van der Waals surface area (Å²) in [6.07, 6.45) is 7.17. The highest BCUT2D eigenvalue weighted by Gasteiger charge is 2.30. The van der Waals surface area contributed by atoms with Crippen molar-refractivity contribution in [2.24, 2.45) is 11.8 Å². The Hall–Kier alpha value is -1.83. The molecule has 0 radical (unpaired) electrons. The minimum Gasteiger partial charge on any atom is -0.497 e. The Balaban J connectivity index is 1.59. The maximum atomic E-state index is 11.3. The minimum absolute atomic E-state index is 0.221. The van der Waals surface area contributed by atoms with Crippen LogP contribution in [0.3, 0.4) is 0 Å². The summed E-state index contributed by atoms with van der Waals surface area (Å²) in [5.74, 6) is 3.28. The third-order valence-corrected chi connectivity index (χ3v) is 8.24. The van der Waals surface area contributed by atoms with Gasteiger partial charge in [0.25, 0.3) is 0 Å². The van der Waals surface area contributed by atoms with Crippen LogP contribution < -0.4 is 4.74 Å². The Bertz CT molecular complexity index is 909. The molecular weight excluding hydrogens is 448 g/mol. The number of carboxylic acid groups (broad SMARTS) is 1. The quantitative estimate of drug-likeness (QED) is 0.345. The van der Waals surface area contributed by atoms with Crippen LogP contribution in [-0.2, 0) is 4.79 Å². The van der Waals surface area contributed by atoms with Gasteiger partial charge in [-0.05, 0) is 105 Å². The zero-order valence-corrected chi connectivity index (χ0v) is 21.4. The van der Waals surface area contributed by atoms with E-state index in [1.807, 2.05) is 36.0 Å². The molecule has 1 fully saturated rings. The van der Waals surface area contributed by atoms with E-state index >= 15 is 0 Å². The number of aromatic nitrogens is 1. The monoisotopic (exact) mass is 488 g/mol. The Morgan fingerprint density at radius 3 is 2.88 bits per heavy atom. The summed E-state index contributed by atoms with van der Waals surface area (Å²) in [6, 6.07) is 7.64. The summed E-state index contributed by atoms with van der Waals surface area (Å²) in [6.45, 7) is 5.36. The number of benzene rings is 1. The number of likely N-dealkylation sites (tertiary alicyclic amines) is 1. The lowest BCUT2D eigenvalue weighted by atomic mass is 9.79. The number of piperidine rings is 1. The van der Waals surface area contributed by atoms with Gasteiger partial charge in [-0.15, -0.1) is 0 Å². The summed E-state index contributed by atoms with van der Waals surface area (Å²) in [4.78, 5) is 18.2. The van der Waals surface area contributed by atoms with E-state index in [0.29, 0.717) is 24.7 Å². The average molecular weight is 489 g/mol. The molecule has 1 aromatic heterocycles. The van der Waals surface area contributed by atoms with Gasteiger partial charge in [-0.25, -0.2) is 0 Å². The van der Waals surface area contributed by atoms with E-state index in [1.54, 1.807) is 13.3 Å². The lowest BCUT2D eigenvalue weighted by molar-refractivity contribution is -0.137. The highest BCUT2D eigenvalue weighted by atomic mass is 32.2. The van der Waals surface area contributed by atoms with Gasteiger partial charge in [0.2, 0.25) is 0 Å². The van der Waals surface area contributed by atoms with Crippen molar-refractivity contribution >= 4 is 28.6 Å². The van der Waals surface area contributed by atoms with Crippen LogP contribution in [0.2, 0.25) is 0 Å². The fourth-order valence-corrected chi connectivity index (χ4v) is 5.93. The summed E-state index contributed by atoms with van der Waals surface area (Å²) < 4.78 is 5.37. The number of hydrogen-bond donors (Lipinski definition) is 2. The van der Waals surface area contributed by atoms with Gasteiger partial charge >= 0.3 is 5.97 Å². The molecule has 188 valence electrons. The van der Waals surface area contributed by atoms with Crippen LogP contribution in [0.25, 0.3) is 10.9 Å². The van der Waals surface area contributed by atoms with Gasteiger partial charge in [0.1, 0.15) is 5.75 Å². The zero-order valence-electron chi connectivity index (χ0n) is 20.6. The van der Waals surface area contributed by atoms with Crippen LogP contribution in [0.1, 0.15) is 63.5 Å². The molecule has 3 atom stereocenters. The number of aliphatic hydroxyl groups excluding tert-OH is 1. The first-order valence-electron chi connectivity index (χ1n) is 12.6. The van der Waals surface area contributed by atoms with Crippen molar-refractivity contribution in [3.63, 3.8) is 0 Å². The number of ether oxygens (including phenoxy) is 1. The topological polar surface area (TPSA) is 82.9 Å². The maximum absolute atomic E-state index is 11.3. The molecule has 1 aromatic carbocycles. The number of aliphatic hydroxyl groups is 1. The molecular formula is C27H40N2O4S. The van der Waals surface area contributed by atoms with Gasteiger partial charge in [-0.2, -0.15) is 11.8 Å². The van der Waals surface area contributed by atoms with Gasteiger partial charge < -0.3 is 19.8 Å². The average Bonchev–Trinajstić information content (AvgIpc) is 2.85. The molecule has 3 rings (SSSR count). The number of pyridine rings is 1. The van der Waals surface area contributed by atoms with Crippen molar-refractivity contribution in [1.82, 2.24) is 9.88 Å². The largest absolute Gasteiger partial charge is 0.497 e. The lowest BCUT2D eigenvalue weighted by Gasteiger charge is -2.39. The van der Waals surface area contributed by atoms with E-state index < -0.39 is 12.1 Å². The van der Waals surface area contributed by atoms with Crippen molar-refractivity contribution in [3.05, 3.63) is 36.0 Å². The van der Waals surface area contributed by atoms with Crippen LogP contribution in [0.15, 0.2) is 30.5 Å². The number of nitrogens with zero attached hydrogens (tertiary/aromatic N) is 2. The summed E-state index contributed by atoms with van der Waals surface area (Å²) in [5, 5.41) is 21.3. The SMILES string of the molecule is CCCSCCCN1CC[C@@H](CCC(O)c2ccnc3ccc(OC)cc23)[C@@H](CCC(=O)O)C1. The van der Waals surface area contributed by atoms with E-state index in [1.165, 1.54) is 24.3 Å². The first-order valence-corrected chi connectivity index (χ1v) is 13.8. The first-order chi connectivity index (χ1) is 16.5. The second kappa shape index (κ2) is 13.9. The van der Waals surface area contributed by atoms with E-state index in [-0.39, 0.29) is 6.42 Å². The van der Waals surface area contributed by atoms with E-state index in [0.717, 1.165) is 54.7 Å². The summed E-state index contributed by atoms with van der Waals surface area (Å²) >= 11 is 2.03. The van der Waals surface area contributed by atoms with E-state index in [2.05, 4.69) is 16.8 Å². The molecule has 6 nitrogen and oxygen atoms in total. The second-order valence-electron chi connectivity index (χ2n) is 9.38. The number of carbonyl (C=O) groups is 1. The molecule has 2 N–H and O–H groups in total. The molecule has 0 aliphatic carbocycles. The smallest absolute Gasteiger partial charge is 0.303 e. The number of hydrogen-bond acceptors (Lipinski definition) is 6. The fourth-order valence-electron chi connectivity index (χ4n) is 5.10. The summed E-state index contributed by atoms with van der Waals surface area (Å²) in [7, 11) is 1.64. The van der Waals surface area contributed by atoms with Gasteiger partial charge in [-0.1, -0.05) is 6.92 Å². The van der Waals surface area contributed by atoms with E-state index in [9.17, 15) is 15.0 Å². The third kappa shape index (κ3) is 7.85. The molecule has 0 spiro atoms. The molecule has 0 saturated carbocycles. The molecule has 34 heavy (non-hydrogen) atoms. The van der Waals surface area contributed by atoms with E-state index in [4.69, 9.17) is 4.74 Å². The molecule has 1 aliphatic heterocycles. The Morgan fingerprint density at radius 1 is 1.26 bits per heavy atom. The Labute approximate surface area is 208 Å². The standard InChI is InChI=1S/C27H40N2O4S/c1-3-16-34-17-4-14-29-15-12-20(21(19-29)6-10-27(31)32)5-9-26(30)23-11-13-28-25-8-7-22(33-2)18-24(23)25/h7-8,11,13,18,20-21,26,30H,3-6,9-10,12,14-17,19H2,1-2H3,(H,31,32)/t20-,21+,26?/m1/s1. The van der Waals surface area contributed by atoms with Crippen LogP contribution >= 0.6 is 11.8 Å². The van der Waals surface area contributed by atoms with Crippen LogP contribution in [0.5, 0.6) is 5.75 Å². The van der Waals surface area contributed by atoms with Crippen molar-refractivity contribution < 1.29 is 19.7 Å². The Morgan fingerprint density at radius 2 is 2.12 bits per heavy atom. The number of rotatable bonds is 14. The third-order valence-electron chi connectivity index (χ3n) is 6.97. The molecule has 7 heteroatoms. The fraction of sp³-hybridized carbons (Fsp3) is 0.630. The molecule has 1 aliphatic rings. The zero-order chi connectivity index (χ0) is 24.3. The molecule has 1 saturated heterocycles. The van der Waals surface area contributed by atoms with Crippen LogP contribution in [0, 0.1) is 11.8 Å². The number of carboxylic acids is 1. The Kier molecular flexibility index (Phi) is 10.9. The first kappa shape index (κ1) is 26.8.